The first kappa shape index (κ1) is 15.1. The molecule has 1 aliphatic carbocycles. The molecule has 112 valence electrons. The summed E-state index contributed by atoms with van der Waals surface area (Å²) < 4.78 is 29.8. The molecule has 0 N–H and O–H groups in total. The molecule has 0 amide bonds. The van der Waals surface area contributed by atoms with E-state index < -0.39 is 6.17 Å². The highest BCUT2D eigenvalue weighted by Gasteiger charge is 2.24. The number of ether oxygens (including phenoxy) is 3. The molecule has 0 aliphatic heterocycles. The van der Waals surface area contributed by atoms with E-state index in [4.69, 9.17) is 14.2 Å². The number of alkyl halides is 1. The van der Waals surface area contributed by atoms with E-state index in [2.05, 4.69) is 0 Å². The summed E-state index contributed by atoms with van der Waals surface area (Å²) >= 11 is 0. The van der Waals surface area contributed by atoms with Crippen molar-refractivity contribution in [3.05, 3.63) is 23.8 Å². The van der Waals surface area contributed by atoms with Gasteiger partial charge in [-0.2, -0.15) is 0 Å². The topological polar surface area (TPSA) is 27.7 Å². The second-order valence-electron chi connectivity index (χ2n) is 5.15. The molecule has 3 nitrogen and oxygen atoms in total. The maximum absolute atomic E-state index is 13.6. The van der Waals surface area contributed by atoms with Gasteiger partial charge in [0.1, 0.15) is 6.17 Å². The highest BCUT2D eigenvalue weighted by molar-refractivity contribution is 5.42. The predicted molar refractivity (Wildman–Crippen MR) is 76.4 cm³/mol. The Balaban J connectivity index is 1.84. The van der Waals surface area contributed by atoms with Gasteiger partial charge in [-0.3, -0.25) is 0 Å². The monoisotopic (exact) mass is 282 g/mol. The maximum atomic E-state index is 13.6. The molecule has 1 aliphatic rings. The van der Waals surface area contributed by atoms with Gasteiger partial charge in [0.2, 0.25) is 0 Å². The van der Waals surface area contributed by atoms with E-state index in [0.717, 1.165) is 31.2 Å². The molecule has 0 spiro atoms. The van der Waals surface area contributed by atoms with Crippen molar-refractivity contribution in [2.75, 3.05) is 20.8 Å². The molecular weight excluding hydrogens is 259 g/mol. The van der Waals surface area contributed by atoms with Crippen molar-refractivity contribution in [1.29, 1.82) is 0 Å². The number of methoxy groups -OCH3 is 2. The molecule has 1 aromatic carbocycles. The average molecular weight is 282 g/mol. The second-order valence-corrected chi connectivity index (χ2v) is 5.15. The van der Waals surface area contributed by atoms with Crippen molar-refractivity contribution in [1.82, 2.24) is 0 Å². The Hall–Kier alpha value is -1.29. The Morgan fingerprint density at radius 1 is 1.10 bits per heavy atom. The van der Waals surface area contributed by atoms with Gasteiger partial charge >= 0.3 is 0 Å². The molecule has 0 aromatic heterocycles. The quantitative estimate of drug-likeness (QED) is 0.798. The Bertz CT molecular complexity index is 422. The molecule has 0 radical (unpaired) electrons. The minimum Gasteiger partial charge on any atom is -0.493 e. The number of benzene rings is 1. The van der Waals surface area contributed by atoms with Gasteiger partial charge in [-0.1, -0.05) is 18.9 Å². The number of hydrogen-bond acceptors (Lipinski definition) is 3. The Morgan fingerprint density at radius 3 is 2.55 bits per heavy atom. The van der Waals surface area contributed by atoms with E-state index in [0.29, 0.717) is 24.5 Å². The van der Waals surface area contributed by atoms with Gasteiger partial charge in [0.15, 0.2) is 11.5 Å². The first-order valence-corrected chi connectivity index (χ1v) is 7.21. The fraction of sp³-hybridized carbons (Fsp3) is 0.625. The van der Waals surface area contributed by atoms with Crippen molar-refractivity contribution < 1.29 is 18.6 Å². The Morgan fingerprint density at radius 2 is 1.85 bits per heavy atom. The molecule has 1 saturated carbocycles. The number of hydrogen-bond donors (Lipinski definition) is 0. The van der Waals surface area contributed by atoms with Gasteiger partial charge in [0.25, 0.3) is 0 Å². The number of halogens is 1. The zero-order chi connectivity index (χ0) is 14.4. The molecule has 1 aromatic rings. The first-order valence-electron chi connectivity index (χ1n) is 7.21. The van der Waals surface area contributed by atoms with Crippen molar-refractivity contribution in [3.63, 3.8) is 0 Å². The molecule has 0 heterocycles. The van der Waals surface area contributed by atoms with Crippen molar-refractivity contribution in [2.45, 2.75) is 44.4 Å². The van der Waals surface area contributed by atoms with Crippen LogP contribution in [0.2, 0.25) is 0 Å². The molecular formula is C16H23FO3. The molecule has 1 fully saturated rings. The lowest BCUT2D eigenvalue weighted by Crippen LogP contribution is -2.29. The summed E-state index contributed by atoms with van der Waals surface area (Å²) in [6.07, 6.45) is 3.27. The zero-order valence-electron chi connectivity index (χ0n) is 12.2. The summed E-state index contributed by atoms with van der Waals surface area (Å²) in [5.41, 5.74) is 1.11. The molecule has 0 unspecified atom stereocenters. The van der Waals surface area contributed by atoms with E-state index >= 15 is 0 Å². The van der Waals surface area contributed by atoms with Crippen molar-refractivity contribution >= 4 is 0 Å². The lowest BCUT2D eigenvalue weighted by atomic mass is 9.96. The van der Waals surface area contributed by atoms with E-state index in [1.54, 1.807) is 14.2 Å². The minimum atomic E-state index is -0.797. The average Bonchev–Trinajstić information content (AvgIpc) is 2.49. The summed E-state index contributed by atoms with van der Waals surface area (Å²) in [6.45, 7) is 0.542. The van der Waals surface area contributed by atoms with Gasteiger partial charge in [-0.25, -0.2) is 4.39 Å². The number of rotatable bonds is 6. The SMILES string of the molecule is COc1ccc(CCO[C@H]2CCCC[C@H]2F)cc1OC. The fourth-order valence-electron chi connectivity index (χ4n) is 2.60. The third-order valence-corrected chi connectivity index (χ3v) is 3.79. The van der Waals surface area contributed by atoms with Gasteiger partial charge in [-0.05, 0) is 37.0 Å². The van der Waals surface area contributed by atoms with Crippen LogP contribution >= 0.6 is 0 Å². The third kappa shape index (κ3) is 3.85. The van der Waals surface area contributed by atoms with Crippen LogP contribution in [-0.4, -0.2) is 33.1 Å². The van der Waals surface area contributed by atoms with Crippen LogP contribution in [0.15, 0.2) is 18.2 Å². The van der Waals surface area contributed by atoms with Crippen LogP contribution in [0.4, 0.5) is 4.39 Å². The summed E-state index contributed by atoms with van der Waals surface area (Å²) in [6, 6.07) is 5.81. The van der Waals surface area contributed by atoms with Gasteiger partial charge in [-0.15, -0.1) is 0 Å². The van der Waals surface area contributed by atoms with E-state index in [1.807, 2.05) is 18.2 Å². The predicted octanol–water partition coefficient (Wildman–Crippen LogP) is 3.54. The summed E-state index contributed by atoms with van der Waals surface area (Å²) in [7, 11) is 3.24. The summed E-state index contributed by atoms with van der Waals surface area (Å²) in [5.74, 6) is 1.43. The molecule has 2 atom stereocenters. The van der Waals surface area contributed by atoms with E-state index in [1.165, 1.54) is 0 Å². The molecule has 4 heteroatoms. The second kappa shape index (κ2) is 7.48. The summed E-state index contributed by atoms with van der Waals surface area (Å²) in [5, 5.41) is 0. The van der Waals surface area contributed by atoms with Crippen LogP contribution < -0.4 is 9.47 Å². The Kier molecular flexibility index (Phi) is 5.65. The minimum absolute atomic E-state index is 0.219. The van der Waals surface area contributed by atoms with Crippen molar-refractivity contribution in [2.24, 2.45) is 0 Å². The normalized spacial score (nSPS) is 22.6. The van der Waals surface area contributed by atoms with Gasteiger partial charge in [0, 0.05) is 0 Å². The van der Waals surface area contributed by atoms with Crippen LogP contribution in [0.3, 0.4) is 0 Å². The summed E-state index contributed by atoms with van der Waals surface area (Å²) in [4.78, 5) is 0. The fourth-order valence-corrected chi connectivity index (χ4v) is 2.60. The van der Waals surface area contributed by atoms with Gasteiger partial charge < -0.3 is 14.2 Å². The Labute approximate surface area is 120 Å². The van der Waals surface area contributed by atoms with E-state index in [9.17, 15) is 4.39 Å². The zero-order valence-corrected chi connectivity index (χ0v) is 12.2. The highest BCUT2D eigenvalue weighted by Crippen LogP contribution is 2.28. The van der Waals surface area contributed by atoms with Crippen LogP contribution in [-0.2, 0) is 11.2 Å². The van der Waals surface area contributed by atoms with Gasteiger partial charge in [0.05, 0.1) is 26.9 Å². The lowest BCUT2D eigenvalue weighted by molar-refractivity contribution is -0.0229. The third-order valence-electron chi connectivity index (χ3n) is 3.79. The van der Waals surface area contributed by atoms with Crippen LogP contribution in [0, 0.1) is 0 Å². The van der Waals surface area contributed by atoms with Crippen LogP contribution in [0.1, 0.15) is 31.2 Å². The van der Waals surface area contributed by atoms with Crippen LogP contribution in [0.25, 0.3) is 0 Å². The molecule has 20 heavy (non-hydrogen) atoms. The van der Waals surface area contributed by atoms with Crippen molar-refractivity contribution in [3.8, 4) is 11.5 Å². The van der Waals surface area contributed by atoms with E-state index in [-0.39, 0.29) is 6.10 Å². The van der Waals surface area contributed by atoms with Crippen LogP contribution in [0.5, 0.6) is 11.5 Å². The molecule has 0 bridgehead atoms. The standard InChI is InChI=1S/C16H23FO3/c1-18-15-8-7-12(11-16(15)19-2)9-10-20-14-6-4-3-5-13(14)17/h7-8,11,13-14H,3-6,9-10H2,1-2H3/t13-,14+/m1/s1. The molecule has 2 rings (SSSR count). The largest absolute Gasteiger partial charge is 0.493 e. The smallest absolute Gasteiger partial charge is 0.160 e. The first-order chi connectivity index (χ1) is 9.74. The maximum Gasteiger partial charge on any atom is 0.160 e. The molecule has 0 saturated heterocycles. The highest BCUT2D eigenvalue weighted by atomic mass is 19.1. The lowest BCUT2D eigenvalue weighted by Gasteiger charge is -2.25.